The van der Waals surface area contributed by atoms with Crippen LogP contribution >= 0.6 is 0 Å². The van der Waals surface area contributed by atoms with Gasteiger partial charge in [-0.1, -0.05) is 12.1 Å². The highest BCUT2D eigenvalue weighted by molar-refractivity contribution is 6.00. The number of nitrogens with two attached hydrogens (primary N) is 1. The van der Waals surface area contributed by atoms with Crippen LogP contribution < -0.4 is 15.4 Å². The van der Waals surface area contributed by atoms with Crippen LogP contribution in [0.4, 0.5) is 5.69 Å². The number of anilines is 1. The highest BCUT2D eigenvalue weighted by Gasteiger charge is 2.33. The molecular formula is C16H15N3O3. The fraction of sp³-hybridized carbons (Fsp3) is 0.188. The number of aromatic nitrogens is 1. The molecule has 2 aromatic rings. The van der Waals surface area contributed by atoms with Gasteiger partial charge in [0, 0.05) is 37.0 Å². The molecule has 1 aromatic heterocycles. The summed E-state index contributed by atoms with van der Waals surface area (Å²) in [7, 11) is 0. The molecule has 0 radical (unpaired) electrons. The molecule has 1 aliphatic rings. The minimum atomic E-state index is -0.447. The van der Waals surface area contributed by atoms with E-state index in [-0.39, 0.29) is 12.3 Å². The maximum atomic E-state index is 12.0. The van der Waals surface area contributed by atoms with Crippen molar-refractivity contribution in [3.8, 4) is 11.6 Å². The van der Waals surface area contributed by atoms with E-state index >= 15 is 0 Å². The van der Waals surface area contributed by atoms with E-state index in [0.29, 0.717) is 23.9 Å². The molecule has 6 nitrogen and oxygen atoms in total. The number of primary amides is 1. The number of ether oxygens (including phenoxy) is 1. The van der Waals surface area contributed by atoms with E-state index in [9.17, 15) is 9.59 Å². The van der Waals surface area contributed by atoms with Crippen molar-refractivity contribution < 1.29 is 14.3 Å². The number of carbonyl (C=O) groups excluding carboxylic acids is 2. The van der Waals surface area contributed by atoms with E-state index in [1.165, 1.54) is 0 Å². The number of rotatable bonds is 4. The first-order chi connectivity index (χ1) is 10.6. The molecule has 0 bridgehead atoms. The summed E-state index contributed by atoms with van der Waals surface area (Å²) in [5, 5.41) is 0. The second-order valence-corrected chi connectivity index (χ2v) is 5.08. The van der Waals surface area contributed by atoms with E-state index in [4.69, 9.17) is 10.5 Å². The van der Waals surface area contributed by atoms with Crippen molar-refractivity contribution in [1.82, 2.24) is 4.98 Å². The van der Waals surface area contributed by atoms with E-state index < -0.39 is 11.8 Å². The summed E-state index contributed by atoms with van der Waals surface area (Å²) in [4.78, 5) is 28.9. The van der Waals surface area contributed by atoms with Crippen molar-refractivity contribution in [2.45, 2.75) is 6.42 Å². The monoisotopic (exact) mass is 297 g/mol. The number of hydrogen-bond acceptors (Lipinski definition) is 4. The Morgan fingerprint density at radius 1 is 1.27 bits per heavy atom. The Morgan fingerprint density at radius 2 is 2.14 bits per heavy atom. The first-order valence-electron chi connectivity index (χ1n) is 6.92. The Bertz CT molecular complexity index is 703. The van der Waals surface area contributed by atoms with Crippen LogP contribution in [0.2, 0.25) is 0 Å². The second-order valence-electron chi connectivity index (χ2n) is 5.08. The Kier molecular flexibility index (Phi) is 3.74. The van der Waals surface area contributed by atoms with Gasteiger partial charge in [-0.3, -0.25) is 9.59 Å². The number of benzene rings is 1. The summed E-state index contributed by atoms with van der Waals surface area (Å²) in [5.41, 5.74) is 5.96. The van der Waals surface area contributed by atoms with Gasteiger partial charge in [-0.25, -0.2) is 4.98 Å². The molecule has 1 aromatic carbocycles. The molecule has 2 heterocycles. The minimum absolute atomic E-state index is 0.112. The molecule has 0 spiro atoms. The van der Waals surface area contributed by atoms with Crippen molar-refractivity contribution in [1.29, 1.82) is 0 Å². The SMILES string of the molecule is NC(=O)C1CC(=O)N(c2cccc(Oc3ccccn3)c2)C1. The quantitative estimate of drug-likeness (QED) is 0.931. The van der Waals surface area contributed by atoms with E-state index in [1.807, 2.05) is 6.07 Å². The average molecular weight is 297 g/mol. The average Bonchev–Trinajstić information content (AvgIpc) is 2.91. The molecule has 2 N–H and O–H groups in total. The summed E-state index contributed by atoms with van der Waals surface area (Å²) >= 11 is 0. The smallest absolute Gasteiger partial charge is 0.227 e. The fourth-order valence-corrected chi connectivity index (χ4v) is 2.39. The molecule has 22 heavy (non-hydrogen) atoms. The maximum Gasteiger partial charge on any atom is 0.227 e. The Labute approximate surface area is 127 Å². The van der Waals surface area contributed by atoms with E-state index in [1.54, 1.807) is 47.5 Å². The lowest BCUT2D eigenvalue weighted by atomic mass is 10.1. The van der Waals surface area contributed by atoms with Crippen LogP contribution in [-0.2, 0) is 9.59 Å². The van der Waals surface area contributed by atoms with Crippen LogP contribution in [0.3, 0.4) is 0 Å². The molecule has 1 unspecified atom stereocenters. The third-order valence-electron chi connectivity index (χ3n) is 3.52. The molecule has 1 atom stereocenters. The van der Waals surface area contributed by atoms with Crippen LogP contribution in [0.5, 0.6) is 11.6 Å². The van der Waals surface area contributed by atoms with Gasteiger partial charge in [-0.05, 0) is 18.2 Å². The van der Waals surface area contributed by atoms with Gasteiger partial charge in [0.15, 0.2) is 0 Å². The third-order valence-corrected chi connectivity index (χ3v) is 3.52. The largest absolute Gasteiger partial charge is 0.439 e. The summed E-state index contributed by atoms with van der Waals surface area (Å²) in [6.45, 7) is 0.307. The lowest BCUT2D eigenvalue weighted by Crippen LogP contribution is -2.28. The van der Waals surface area contributed by atoms with Crippen molar-refractivity contribution in [2.75, 3.05) is 11.4 Å². The van der Waals surface area contributed by atoms with E-state index in [2.05, 4.69) is 4.98 Å². The van der Waals surface area contributed by atoms with Crippen molar-refractivity contribution in [3.05, 3.63) is 48.7 Å². The molecule has 1 saturated heterocycles. The molecule has 1 aliphatic heterocycles. The van der Waals surface area contributed by atoms with Gasteiger partial charge < -0.3 is 15.4 Å². The Morgan fingerprint density at radius 3 is 2.82 bits per heavy atom. The topological polar surface area (TPSA) is 85.5 Å². The van der Waals surface area contributed by atoms with E-state index in [0.717, 1.165) is 0 Å². The third kappa shape index (κ3) is 2.90. The first-order valence-corrected chi connectivity index (χ1v) is 6.92. The molecule has 0 aliphatic carbocycles. The van der Waals surface area contributed by atoms with Gasteiger partial charge in [-0.2, -0.15) is 0 Å². The van der Waals surface area contributed by atoms with Gasteiger partial charge in [0.1, 0.15) is 5.75 Å². The van der Waals surface area contributed by atoms with Crippen molar-refractivity contribution >= 4 is 17.5 Å². The predicted octanol–water partition coefficient (Wildman–Crippen LogP) is 1.71. The molecule has 2 amide bonds. The van der Waals surface area contributed by atoms with Crippen LogP contribution in [0.1, 0.15) is 6.42 Å². The maximum absolute atomic E-state index is 12.0. The highest BCUT2D eigenvalue weighted by Crippen LogP contribution is 2.29. The van der Waals surface area contributed by atoms with Crippen LogP contribution in [0.15, 0.2) is 48.7 Å². The van der Waals surface area contributed by atoms with Crippen molar-refractivity contribution in [3.63, 3.8) is 0 Å². The van der Waals surface area contributed by atoms with Gasteiger partial charge in [0.05, 0.1) is 5.92 Å². The summed E-state index contributed by atoms with van der Waals surface area (Å²) < 4.78 is 5.65. The zero-order valence-electron chi connectivity index (χ0n) is 11.8. The second kappa shape index (κ2) is 5.85. The molecule has 0 saturated carbocycles. The number of pyridine rings is 1. The number of carbonyl (C=O) groups is 2. The molecule has 3 rings (SSSR count). The normalized spacial score (nSPS) is 17.5. The number of nitrogens with zero attached hydrogens (tertiary/aromatic N) is 2. The van der Waals surface area contributed by atoms with Gasteiger partial charge >= 0.3 is 0 Å². The fourth-order valence-electron chi connectivity index (χ4n) is 2.39. The first kappa shape index (κ1) is 14.1. The molecule has 112 valence electrons. The van der Waals surface area contributed by atoms with Gasteiger partial charge in [-0.15, -0.1) is 0 Å². The zero-order chi connectivity index (χ0) is 15.5. The summed E-state index contributed by atoms with van der Waals surface area (Å²) in [5.74, 6) is 0.0531. The van der Waals surface area contributed by atoms with Gasteiger partial charge in [0.25, 0.3) is 0 Å². The highest BCUT2D eigenvalue weighted by atomic mass is 16.5. The molecule has 6 heteroatoms. The predicted molar refractivity (Wildman–Crippen MR) is 80.4 cm³/mol. The summed E-state index contributed by atoms with van der Waals surface area (Å²) in [6, 6.07) is 12.5. The Hall–Kier alpha value is -2.89. The summed E-state index contributed by atoms with van der Waals surface area (Å²) in [6.07, 6.45) is 1.79. The van der Waals surface area contributed by atoms with Crippen LogP contribution in [0.25, 0.3) is 0 Å². The number of hydrogen-bond donors (Lipinski definition) is 1. The van der Waals surface area contributed by atoms with Crippen molar-refractivity contribution in [2.24, 2.45) is 11.7 Å². The minimum Gasteiger partial charge on any atom is -0.439 e. The standard InChI is InChI=1S/C16H15N3O3/c17-16(21)11-8-15(20)19(10-11)12-4-3-5-13(9-12)22-14-6-1-2-7-18-14/h1-7,9,11H,8,10H2,(H2,17,21). The lowest BCUT2D eigenvalue weighted by molar-refractivity contribution is -0.123. The zero-order valence-corrected chi connectivity index (χ0v) is 11.8. The van der Waals surface area contributed by atoms with Gasteiger partial charge in [0.2, 0.25) is 17.7 Å². The molecule has 1 fully saturated rings. The number of amides is 2. The van der Waals surface area contributed by atoms with Crippen LogP contribution in [-0.4, -0.2) is 23.3 Å². The Balaban J connectivity index is 1.80. The molecular weight excluding hydrogens is 282 g/mol. The lowest BCUT2D eigenvalue weighted by Gasteiger charge is -2.17. The van der Waals surface area contributed by atoms with Crippen LogP contribution in [0, 0.1) is 5.92 Å².